The number of Topliss-reactive ketones (excluding diaryl/α,β-unsaturated/α-hetero) is 1. The minimum atomic E-state index is -3.77. The lowest BCUT2D eigenvalue weighted by Gasteiger charge is -2.27. The maximum absolute atomic E-state index is 12.8. The van der Waals surface area contributed by atoms with Crippen molar-refractivity contribution in [1.82, 2.24) is 14.8 Å². The van der Waals surface area contributed by atoms with E-state index in [9.17, 15) is 23.3 Å². The SMILES string of the molecule is CC1(C)C(=O)c2cc(Nc3nn(C4CCCCC4C#N)c4cc[nH]c(=O)c34)ccc2S1(=O)=O. The Morgan fingerprint density at radius 3 is 2.73 bits per heavy atom. The fourth-order valence-electron chi connectivity index (χ4n) is 4.87. The van der Waals surface area contributed by atoms with Crippen LogP contribution in [0.25, 0.3) is 10.9 Å². The molecule has 2 aliphatic rings. The molecule has 2 N–H and O–H groups in total. The van der Waals surface area contributed by atoms with E-state index in [0.717, 1.165) is 25.7 Å². The Morgan fingerprint density at radius 1 is 1.21 bits per heavy atom. The molecule has 2 unspecified atom stereocenters. The number of fused-ring (bicyclic) bond motifs is 2. The molecular formula is C23H23N5O4S. The molecule has 1 aromatic carbocycles. The highest BCUT2D eigenvalue weighted by Gasteiger charge is 2.51. The summed E-state index contributed by atoms with van der Waals surface area (Å²) in [5.74, 6) is -0.367. The number of benzene rings is 1. The second-order valence-electron chi connectivity index (χ2n) is 9.13. The fraction of sp³-hybridized carbons (Fsp3) is 0.391. The third kappa shape index (κ3) is 3.03. The summed E-state index contributed by atoms with van der Waals surface area (Å²) < 4.78 is 25.7. The molecule has 2 aromatic heterocycles. The average Bonchev–Trinajstić information content (AvgIpc) is 3.22. The topological polar surface area (TPSA) is 138 Å². The van der Waals surface area contributed by atoms with Crippen LogP contribution in [0.5, 0.6) is 0 Å². The number of hydrogen-bond donors (Lipinski definition) is 2. The average molecular weight is 466 g/mol. The van der Waals surface area contributed by atoms with Gasteiger partial charge in [0.1, 0.15) is 10.1 Å². The highest BCUT2D eigenvalue weighted by atomic mass is 32.2. The molecule has 1 aliphatic carbocycles. The number of pyridine rings is 1. The molecule has 1 saturated carbocycles. The van der Waals surface area contributed by atoms with Gasteiger partial charge in [-0.2, -0.15) is 10.4 Å². The Kier molecular flexibility index (Phi) is 4.72. The molecule has 2 atom stereocenters. The van der Waals surface area contributed by atoms with E-state index in [1.54, 1.807) is 23.0 Å². The van der Waals surface area contributed by atoms with Gasteiger partial charge in [0.2, 0.25) is 0 Å². The molecule has 0 spiro atoms. The molecule has 5 rings (SSSR count). The number of carbonyl (C=O) groups excluding carboxylic acids is 1. The number of nitrogens with one attached hydrogen (secondary N) is 2. The summed E-state index contributed by atoms with van der Waals surface area (Å²) >= 11 is 0. The Bertz CT molecular complexity index is 1510. The first kappa shape index (κ1) is 21.4. The molecule has 0 bridgehead atoms. The summed E-state index contributed by atoms with van der Waals surface area (Å²) in [6.45, 7) is 2.81. The van der Waals surface area contributed by atoms with Crippen LogP contribution < -0.4 is 10.9 Å². The maximum atomic E-state index is 12.8. The minimum absolute atomic E-state index is 0.00959. The van der Waals surface area contributed by atoms with Gasteiger partial charge in [-0.1, -0.05) is 12.8 Å². The summed E-state index contributed by atoms with van der Waals surface area (Å²) in [5, 5.41) is 17.8. The van der Waals surface area contributed by atoms with Gasteiger partial charge in [0, 0.05) is 17.4 Å². The monoisotopic (exact) mass is 465 g/mol. The van der Waals surface area contributed by atoms with Crippen LogP contribution in [0.3, 0.4) is 0 Å². The summed E-state index contributed by atoms with van der Waals surface area (Å²) in [6, 6.07) is 8.46. The quantitative estimate of drug-likeness (QED) is 0.604. The van der Waals surface area contributed by atoms with Gasteiger partial charge in [0.15, 0.2) is 21.4 Å². The smallest absolute Gasteiger partial charge is 0.261 e. The highest BCUT2D eigenvalue weighted by molar-refractivity contribution is 7.94. The van der Waals surface area contributed by atoms with Crippen LogP contribution in [0.2, 0.25) is 0 Å². The maximum Gasteiger partial charge on any atom is 0.261 e. The predicted octanol–water partition coefficient (Wildman–Crippen LogP) is 3.47. The first-order valence-corrected chi connectivity index (χ1v) is 12.3. The van der Waals surface area contributed by atoms with Crippen molar-refractivity contribution in [3.63, 3.8) is 0 Å². The van der Waals surface area contributed by atoms with E-state index in [0.29, 0.717) is 22.4 Å². The molecule has 10 heteroatoms. The number of rotatable bonds is 3. The third-order valence-electron chi connectivity index (χ3n) is 6.83. The number of anilines is 2. The lowest BCUT2D eigenvalue weighted by Crippen LogP contribution is -2.33. The molecular weight excluding hydrogens is 442 g/mol. The number of carbonyl (C=O) groups is 1. The molecule has 0 amide bonds. The molecule has 9 nitrogen and oxygen atoms in total. The number of ketones is 1. The summed E-state index contributed by atoms with van der Waals surface area (Å²) in [6.07, 6.45) is 5.10. The van der Waals surface area contributed by atoms with Crippen LogP contribution in [0.4, 0.5) is 11.5 Å². The molecule has 33 heavy (non-hydrogen) atoms. The van der Waals surface area contributed by atoms with Gasteiger partial charge < -0.3 is 10.3 Å². The second-order valence-corrected chi connectivity index (χ2v) is 11.6. The van der Waals surface area contributed by atoms with Crippen molar-refractivity contribution in [1.29, 1.82) is 5.26 Å². The van der Waals surface area contributed by atoms with Gasteiger partial charge in [0.25, 0.3) is 5.56 Å². The Labute approximate surface area is 190 Å². The van der Waals surface area contributed by atoms with Gasteiger partial charge in [0.05, 0.1) is 28.4 Å². The van der Waals surface area contributed by atoms with Gasteiger partial charge in [-0.15, -0.1) is 0 Å². The third-order valence-corrected chi connectivity index (χ3v) is 9.30. The fourth-order valence-corrected chi connectivity index (χ4v) is 6.46. The van der Waals surface area contributed by atoms with E-state index < -0.39 is 20.4 Å². The summed E-state index contributed by atoms with van der Waals surface area (Å²) in [7, 11) is -3.77. The molecule has 170 valence electrons. The van der Waals surface area contributed by atoms with Crippen molar-refractivity contribution in [2.45, 2.75) is 55.2 Å². The number of nitriles is 1. The van der Waals surface area contributed by atoms with Crippen molar-refractivity contribution in [3.8, 4) is 6.07 Å². The van der Waals surface area contributed by atoms with Crippen LogP contribution in [0.1, 0.15) is 55.9 Å². The Balaban J connectivity index is 1.61. The predicted molar refractivity (Wildman–Crippen MR) is 122 cm³/mol. The van der Waals surface area contributed by atoms with Gasteiger partial charge in [-0.3, -0.25) is 14.3 Å². The lowest BCUT2D eigenvalue weighted by atomic mass is 9.85. The van der Waals surface area contributed by atoms with Crippen LogP contribution in [0.15, 0.2) is 40.2 Å². The first-order chi connectivity index (χ1) is 15.7. The normalized spacial score (nSPS) is 23.2. The largest absolute Gasteiger partial charge is 0.338 e. The van der Waals surface area contributed by atoms with E-state index in [2.05, 4.69) is 21.5 Å². The number of hydrogen-bond acceptors (Lipinski definition) is 7. The zero-order chi connectivity index (χ0) is 23.5. The van der Waals surface area contributed by atoms with Crippen LogP contribution >= 0.6 is 0 Å². The molecule has 0 saturated heterocycles. The second kappa shape index (κ2) is 7.28. The van der Waals surface area contributed by atoms with E-state index in [1.165, 1.54) is 26.0 Å². The van der Waals surface area contributed by atoms with Crippen LogP contribution in [-0.4, -0.2) is 33.7 Å². The summed E-state index contributed by atoms with van der Waals surface area (Å²) in [5.41, 5.74) is 0.866. The Morgan fingerprint density at radius 2 is 1.97 bits per heavy atom. The molecule has 3 heterocycles. The number of sulfone groups is 1. The first-order valence-electron chi connectivity index (χ1n) is 10.9. The van der Waals surface area contributed by atoms with Gasteiger partial charge in [-0.05, 0) is 51.0 Å². The molecule has 3 aromatic rings. The molecule has 0 radical (unpaired) electrons. The van der Waals surface area contributed by atoms with Crippen LogP contribution in [-0.2, 0) is 9.84 Å². The van der Waals surface area contributed by atoms with Crippen molar-refractivity contribution in [2.75, 3.05) is 5.32 Å². The van der Waals surface area contributed by atoms with E-state index in [1.807, 2.05) is 0 Å². The van der Waals surface area contributed by atoms with Crippen molar-refractivity contribution in [3.05, 3.63) is 46.4 Å². The minimum Gasteiger partial charge on any atom is -0.338 e. The number of H-pyrrole nitrogens is 1. The van der Waals surface area contributed by atoms with Gasteiger partial charge in [-0.25, -0.2) is 8.42 Å². The highest BCUT2D eigenvalue weighted by Crippen LogP contribution is 2.41. The van der Waals surface area contributed by atoms with Gasteiger partial charge >= 0.3 is 0 Å². The standard InChI is InChI=1S/C23H23N5O4S/c1-23(2)20(29)15-11-14(7-8-18(15)33(23,31)32)26-21-19-17(9-10-25-22(19)30)28(27-21)16-6-4-3-5-13(16)12-24/h7-11,13,16H,3-6H2,1-2H3,(H,25,30)(H,26,27). The van der Waals surface area contributed by atoms with Crippen molar-refractivity contribution < 1.29 is 13.2 Å². The van der Waals surface area contributed by atoms with Crippen LogP contribution in [0, 0.1) is 17.2 Å². The number of nitrogens with zero attached hydrogens (tertiary/aromatic N) is 3. The molecule has 1 fully saturated rings. The van der Waals surface area contributed by atoms with E-state index in [-0.39, 0.29) is 28.0 Å². The number of aromatic nitrogens is 3. The number of aromatic amines is 1. The van der Waals surface area contributed by atoms with Crippen molar-refractivity contribution >= 4 is 38.0 Å². The van der Waals surface area contributed by atoms with E-state index >= 15 is 0 Å². The zero-order valence-corrected chi connectivity index (χ0v) is 19.1. The zero-order valence-electron chi connectivity index (χ0n) is 18.3. The van der Waals surface area contributed by atoms with Crippen molar-refractivity contribution in [2.24, 2.45) is 5.92 Å². The summed E-state index contributed by atoms with van der Waals surface area (Å²) in [4.78, 5) is 28.1. The lowest BCUT2D eigenvalue weighted by molar-refractivity contribution is 0.0959. The molecule has 1 aliphatic heterocycles. The Hall–Kier alpha value is -3.45. The van der Waals surface area contributed by atoms with E-state index in [4.69, 9.17) is 0 Å².